The number of anilines is 1. The van der Waals surface area contributed by atoms with Crippen LogP contribution in [0.2, 0.25) is 5.02 Å². The Bertz CT molecular complexity index is 799. The lowest BCUT2D eigenvalue weighted by Crippen LogP contribution is -2.35. The Hall–Kier alpha value is -1.69. The molecule has 0 aliphatic carbocycles. The quantitative estimate of drug-likeness (QED) is 0.427. The van der Waals surface area contributed by atoms with Gasteiger partial charge in [-0.2, -0.15) is 0 Å². The van der Waals surface area contributed by atoms with E-state index in [-0.39, 0.29) is 11.7 Å². The molecule has 0 saturated carbocycles. The number of halogens is 1. The first-order valence-electron chi connectivity index (χ1n) is 9.31. The van der Waals surface area contributed by atoms with Gasteiger partial charge in [-0.25, -0.2) is 0 Å². The highest BCUT2D eigenvalue weighted by atomic mass is 35.5. The van der Waals surface area contributed by atoms with Gasteiger partial charge in [0, 0.05) is 15.5 Å². The summed E-state index contributed by atoms with van der Waals surface area (Å²) in [6.45, 7) is 5.99. The van der Waals surface area contributed by atoms with Crippen LogP contribution in [0.4, 0.5) is 5.00 Å². The summed E-state index contributed by atoms with van der Waals surface area (Å²) in [6.07, 6.45) is 4.95. The number of unbranched alkanes of at least 4 members (excludes halogenated alkanes) is 3. The molecule has 2 aromatic rings. The van der Waals surface area contributed by atoms with Crippen molar-refractivity contribution in [3.63, 3.8) is 0 Å². The van der Waals surface area contributed by atoms with Crippen molar-refractivity contribution >= 4 is 39.6 Å². The van der Waals surface area contributed by atoms with Crippen molar-refractivity contribution in [1.29, 1.82) is 0 Å². The van der Waals surface area contributed by atoms with Gasteiger partial charge in [0.1, 0.15) is 5.00 Å². The number of ketones is 1. The largest absolute Gasteiger partial charge is 0.320 e. The van der Waals surface area contributed by atoms with E-state index in [1.807, 2.05) is 13.8 Å². The Kier molecular flexibility index (Phi) is 8.02. The number of rotatable bonds is 9. The first-order chi connectivity index (χ1) is 12.8. The average molecular weight is 407 g/mol. The Balaban J connectivity index is 2.16. The van der Waals surface area contributed by atoms with Gasteiger partial charge in [-0.15, -0.1) is 11.3 Å². The van der Waals surface area contributed by atoms with Crippen LogP contribution in [0.3, 0.4) is 0 Å². The molecule has 0 spiro atoms. The third-order valence-corrected chi connectivity index (χ3v) is 6.04. The third-order valence-electron chi connectivity index (χ3n) is 4.66. The molecule has 0 saturated heterocycles. The van der Waals surface area contributed by atoms with Gasteiger partial charge < -0.3 is 11.1 Å². The molecule has 4 nitrogen and oxygen atoms in total. The van der Waals surface area contributed by atoms with Crippen LogP contribution >= 0.6 is 22.9 Å². The second-order valence-corrected chi connectivity index (χ2v) is 8.43. The first-order valence-corrected chi connectivity index (χ1v) is 10.5. The van der Waals surface area contributed by atoms with Gasteiger partial charge in [0.15, 0.2) is 5.78 Å². The van der Waals surface area contributed by atoms with E-state index in [0.29, 0.717) is 27.6 Å². The summed E-state index contributed by atoms with van der Waals surface area (Å²) in [5, 5.41) is 4.03. The number of nitrogens with one attached hydrogen (secondary N) is 1. The van der Waals surface area contributed by atoms with Crippen molar-refractivity contribution in [2.24, 2.45) is 5.73 Å². The molecule has 146 valence electrons. The van der Waals surface area contributed by atoms with Crippen molar-refractivity contribution in [3.8, 4) is 0 Å². The number of amides is 1. The van der Waals surface area contributed by atoms with Crippen LogP contribution in [0.15, 0.2) is 24.3 Å². The summed E-state index contributed by atoms with van der Waals surface area (Å²) in [5.41, 5.74) is 8.00. The summed E-state index contributed by atoms with van der Waals surface area (Å²) in [5.74, 6) is -0.363. The zero-order valence-electron chi connectivity index (χ0n) is 16.1. The fourth-order valence-electron chi connectivity index (χ4n) is 2.86. The minimum atomic E-state index is -0.567. The number of carbonyl (C=O) groups is 2. The third kappa shape index (κ3) is 5.64. The highest BCUT2D eigenvalue weighted by Gasteiger charge is 2.23. The number of thiophene rings is 1. The van der Waals surface area contributed by atoms with Crippen molar-refractivity contribution in [1.82, 2.24) is 0 Å². The van der Waals surface area contributed by atoms with Crippen LogP contribution in [0, 0.1) is 13.8 Å². The van der Waals surface area contributed by atoms with Gasteiger partial charge >= 0.3 is 0 Å². The minimum absolute atomic E-state index is 0.125. The van der Waals surface area contributed by atoms with Crippen molar-refractivity contribution < 1.29 is 9.59 Å². The van der Waals surface area contributed by atoms with Gasteiger partial charge in [-0.3, -0.25) is 9.59 Å². The number of aryl methyl sites for hydroxylation is 1. The van der Waals surface area contributed by atoms with E-state index in [0.717, 1.165) is 36.1 Å². The number of hydrogen-bond donors (Lipinski definition) is 2. The van der Waals surface area contributed by atoms with Crippen molar-refractivity contribution in [2.45, 2.75) is 58.9 Å². The van der Waals surface area contributed by atoms with E-state index in [4.69, 9.17) is 17.3 Å². The molecule has 27 heavy (non-hydrogen) atoms. The average Bonchev–Trinajstić information content (AvgIpc) is 2.92. The van der Waals surface area contributed by atoms with E-state index in [9.17, 15) is 9.59 Å². The summed E-state index contributed by atoms with van der Waals surface area (Å²) >= 11 is 7.32. The summed E-state index contributed by atoms with van der Waals surface area (Å²) in [4.78, 5) is 26.5. The monoisotopic (exact) mass is 406 g/mol. The predicted molar refractivity (Wildman–Crippen MR) is 114 cm³/mol. The fraction of sp³-hybridized carbons (Fsp3) is 0.429. The molecule has 0 fully saturated rings. The van der Waals surface area contributed by atoms with Crippen LogP contribution < -0.4 is 11.1 Å². The van der Waals surface area contributed by atoms with E-state index in [1.165, 1.54) is 11.3 Å². The molecule has 0 radical (unpaired) electrons. The normalized spacial score (nSPS) is 12.0. The first kappa shape index (κ1) is 21.6. The smallest absolute Gasteiger partial charge is 0.241 e. The summed E-state index contributed by atoms with van der Waals surface area (Å²) < 4.78 is 0. The predicted octanol–water partition coefficient (Wildman–Crippen LogP) is 5.49. The van der Waals surface area contributed by atoms with Gasteiger partial charge in [-0.05, 0) is 50.1 Å². The van der Waals surface area contributed by atoms with Crippen molar-refractivity contribution in [2.75, 3.05) is 5.32 Å². The Morgan fingerprint density at radius 1 is 1.15 bits per heavy atom. The van der Waals surface area contributed by atoms with Crippen LogP contribution in [0.5, 0.6) is 0 Å². The van der Waals surface area contributed by atoms with E-state index >= 15 is 0 Å². The molecule has 1 aromatic carbocycles. The molecule has 1 aromatic heterocycles. The van der Waals surface area contributed by atoms with Crippen LogP contribution in [-0.4, -0.2) is 17.7 Å². The maximum atomic E-state index is 13.0. The number of carbonyl (C=O) groups excluding carboxylic acids is 2. The molecule has 0 bridgehead atoms. The molecular formula is C21H27ClN2O2S. The highest BCUT2D eigenvalue weighted by Crippen LogP contribution is 2.34. The van der Waals surface area contributed by atoms with Gasteiger partial charge in [-0.1, -0.05) is 44.2 Å². The van der Waals surface area contributed by atoms with Crippen LogP contribution in [0.1, 0.15) is 65.4 Å². The standard InChI is InChI=1S/C21H27ClN2O2S/c1-4-5-6-7-8-17(23)20(26)24-21-18(13(2)14(3)27-21)19(25)15-9-11-16(22)12-10-15/h9-12,17H,4-8,23H2,1-3H3,(H,24,26)/t17-/m0/s1. The number of nitrogens with two attached hydrogens (primary N) is 1. The molecule has 1 amide bonds. The van der Waals surface area contributed by atoms with Crippen LogP contribution in [0.25, 0.3) is 0 Å². The van der Waals surface area contributed by atoms with Gasteiger partial charge in [0.25, 0.3) is 0 Å². The Morgan fingerprint density at radius 3 is 2.44 bits per heavy atom. The SMILES string of the molecule is CCCCCC[C@H](N)C(=O)Nc1sc(C)c(C)c1C(=O)c1ccc(Cl)cc1. The topological polar surface area (TPSA) is 72.2 Å². The zero-order chi connectivity index (χ0) is 20.0. The van der Waals surface area contributed by atoms with Crippen molar-refractivity contribution in [3.05, 3.63) is 50.9 Å². The lowest BCUT2D eigenvalue weighted by molar-refractivity contribution is -0.117. The summed E-state index contributed by atoms with van der Waals surface area (Å²) in [7, 11) is 0. The molecular weight excluding hydrogens is 380 g/mol. The second-order valence-electron chi connectivity index (χ2n) is 6.77. The molecule has 0 unspecified atom stereocenters. The van der Waals surface area contributed by atoms with E-state index in [1.54, 1.807) is 24.3 Å². The molecule has 1 atom stereocenters. The summed E-state index contributed by atoms with van der Waals surface area (Å²) in [6, 6.07) is 6.20. The van der Waals surface area contributed by atoms with Crippen LogP contribution in [-0.2, 0) is 4.79 Å². The fourth-order valence-corrected chi connectivity index (χ4v) is 4.05. The lowest BCUT2D eigenvalue weighted by Gasteiger charge is -2.12. The molecule has 3 N–H and O–H groups in total. The van der Waals surface area contributed by atoms with E-state index < -0.39 is 6.04 Å². The minimum Gasteiger partial charge on any atom is -0.320 e. The maximum Gasteiger partial charge on any atom is 0.241 e. The number of benzene rings is 1. The van der Waals surface area contributed by atoms with Gasteiger partial charge in [0.2, 0.25) is 5.91 Å². The molecule has 0 aliphatic rings. The van der Waals surface area contributed by atoms with E-state index in [2.05, 4.69) is 12.2 Å². The Labute approximate surface area is 170 Å². The molecule has 0 aliphatic heterocycles. The van der Waals surface area contributed by atoms with Gasteiger partial charge in [0.05, 0.1) is 11.6 Å². The molecule has 6 heteroatoms. The Morgan fingerprint density at radius 2 is 1.81 bits per heavy atom. The number of hydrogen-bond acceptors (Lipinski definition) is 4. The second kappa shape index (κ2) is 10.0. The highest BCUT2D eigenvalue weighted by molar-refractivity contribution is 7.16. The molecule has 2 rings (SSSR count). The maximum absolute atomic E-state index is 13.0. The molecule has 1 heterocycles. The lowest BCUT2D eigenvalue weighted by atomic mass is 10.0. The zero-order valence-corrected chi connectivity index (χ0v) is 17.7.